The lowest BCUT2D eigenvalue weighted by Crippen LogP contribution is -2.43. The minimum atomic E-state index is -0.731. The smallest absolute Gasteiger partial charge is 0.326 e. The number of rotatable bonds is 5. The first-order valence-corrected chi connectivity index (χ1v) is 9.42. The predicted octanol–water partition coefficient (Wildman–Crippen LogP) is 1.18. The van der Waals surface area contributed by atoms with Gasteiger partial charge >= 0.3 is 5.97 Å². The van der Waals surface area contributed by atoms with Crippen molar-refractivity contribution in [3.63, 3.8) is 0 Å². The number of fused-ring (bicyclic) bond motifs is 1. The third-order valence-corrected chi connectivity index (χ3v) is 5.71. The van der Waals surface area contributed by atoms with Gasteiger partial charge in [0.1, 0.15) is 6.54 Å². The summed E-state index contributed by atoms with van der Waals surface area (Å²) in [7, 11) is 0. The zero-order valence-electron chi connectivity index (χ0n) is 15.1. The van der Waals surface area contributed by atoms with Crippen LogP contribution in [0, 0.1) is 17.8 Å². The molecule has 3 aliphatic rings. The van der Waals surface area contributed by atoms with Crippen LogP contribution < -0.4 is 5.32 Å². The number of nitrogens with zero attached hydrogens (tertiary/aromatic N) is 1. The molecule has 3 rings (SSSR count). The molecule has 26 heavy (non-hydrogen) atoms. The highest BCUT2D eigenvalue weighted by atomic mass is 16.5. The zero-order valence-corrected chi connectivity index (χ0v) is 15.1. The summed E-state index contributed by atoms with van der Waals surface area (Å²) in [5.74, 6) is -2.02. The highest BCUT2D eigenvalue weighted by molar-refractivity contribution is 6.07. The SMILES string of the molecule is C[C@@H]1CCCC[C@H]1NC(=O)COC(=O)CN1C(=O)[C@H]2CC=CC[C@H]2C1=O. The van der Waals surface area contributed by atoms with Crippen molar-refractivity contribution in [2.45, 2.75) is 51.5 Å². The molecule has 7 heteroatoms. The van der Waals surface area contributed by atoms with E-state index >= 15 is 0 Å². The van der Waals surface area contributed by atoms with Crippen molar-refractivity contribution in [1.29, 1.82) is 0 Å². The molecule has 1 saturated carbocycles. The molecule has 0 aromatic heterocycles. The van der Waals surface area contributed by atoms with Crippen molar-refractivity contribution >= 4 is 23.7 Å². The number of likely N-dealkylation sites (tertiary alicyclic amines) is 1. The van der Waals surface area contributed by atoms with Crippen molar-refractivity contribution in [2.24, 2.45) is 17.8 Å². The molecular weight excluding hydrogens is 336 g/mol. The van der Waals surface area contributed by atoms with Crippen LogP contribution in [0.3, 0.4) is 0 Å². The lowest BCUT2D eigenvalue weighted by Gasteiger charge is -2.29. The Kier molecular flexibility index (Phi) is 5.74. The maximum atomic E-state index is 12.3. The Balaban J connectivity index is 1.45. The molecule has 0 bridgehead atoms. The van der Waals surface area contributed by atoms with E-state index in [1.165, 1.54) is 6.42 Å². The number of nitrogens with one attached hydrogen (secondary N) is 1. The molecule has 2 fully saturated rings. The highest BCUT2D eigenvalue weighted by Crippen LogP contribution is 2.34. The second-order valence-electron chi connectivity index (χ2n) is 7.51. The van der Waals surface area contributed by atoms with E-state index in [-0.39, 0.29) is 42.2 Å². The van der Waals surface area contributed by atoms with Gasteiger partial charge in [-0.3, -0.25) is 24.1 Å². The molecule has 2 aliphatic carbocycles. The van der Waals surface area contributed by atoms with Crippen molar-refractivity contribution in [3.05, 3.63) is 12.2 Å². The molecule has 7 nitrogen and oxygen atoms in total. The van der Waals surface area contributed by atoms with Crippen LogP contribution in [0.5, 0.6) is 0 Å². The van der Waals surface area contributed by atoms with Crippen LogP contribution in [0.4, 0.5) is 0 Å². The number of hydrogen-bond donors (Lipinski definition) is 1. The van der Waals surface area contributed by atoms with Gasteiger partial charge in [-0.05, 0) is 31.6 Å². The summed E-state index contributed by atoms with van der Waals surface area (Å²) in [4.78, 5) is 49.6. The van der Waals surface area contributed by atoms with Crippen molar-refractivity contribution in [1.82, 2.24) is 10.2 Å². The third-order valence-electron chi connectivity index (χ3n) is 5.71. The molecule has 0 aromatic carbocycles. The lowest BCUT2D eigenvalue weighted by molar-refractivity contribution is -0.155. The molecule has 1 heterocycles. The number of imide groups is 1. The fourth-order valence-electron chi connectivity index (χ4n) is 4.12. The Hall–Kier alpha value is -2.18. The Labute approximate surface area is 153 Å². The molecule has 0 spiro atoms. The molecule has 4 atom stereocenters. The van der Waals surface area contributed by atoms with E-state index < -0.39 is 12.5 Å². The van der Waals surface area contributed by atoms with Crippen LogP contribution in [0.1, 0.15) is 45.4 Å². The quantitative estimate of drug-likeness (QED) is 0.450. The summed E-state index contributed by atoms with van der Waals surface area (Å²) in [6.07, 6.45) is 9.14. The first kappa shape index (κ1) is 18.6. The summed E-state index contributed by atoms with van der Waals surface area (Å²) >= 11 is 0. The molecule has 0 aromatic rings. The Morgan fingerprint density at radius 2 is 1.73 bits per heavy atom. The van der Waals surface area contributed by atoms with Gasteiger partial charge in [0, 0.05) is 6.04 Å². The second kappa shape index (κ2) is 8.01. The zero-order chi connectivity index (χ0) is 18.7. The van der Waals surface area contributed by atoms with Gasteiger partial charge in [-0.1, -0.05) is 31.9 Å². The van der Waals surface area contributed by atoms with Crippen LogP contribution in [-0.2, 0) is 23.9 Å². The number of allylic oxidation sites excluding steroid dienone is 2. The summed E-state index contributed by atoms with van der Waals surface area (Å²) in [5, 5.41) is 2.90. The number of hydrogen-bond acceptors (Lipinski definition) is 5. The molecule has 0 unspecified atom stereocenters. The van der Waals surface area contributed by atoms with Crippen LogP contribution >= 0.6 is 0 Å². The first-order valence-electron chi connectivity index (χ1n) is 9.42. The van der Waals surface area contributed by atoms with Gasteiger partial charge in [0.15, 0.2) is 6.61 Å². The van der Waals surface area contributed by atoms with E-state index in [1.54, 1.807) is 0 Å². The van der Waals surface area contributed by atoms with E-state index in [2.05, 4.69) is 12.2 Å². The standard InChI is InChI=1S/C19H26N2O5/c1-12-6-2-5-9-15(12)20-16(22)11-26-17(23)10-21-18(24)13-7-3-4-8-14(13)19(21)25/h3-4,12-15H,2,5-11H2,1H3,(H,20,22)/t12-,13-,14+,15-/m1/s1. The average molecular weight is 362 g/mol. The normalized spacial score (nSPS) is 30.9. The number of esters is 1. The maximum absolute atomic E-state index is 12.3. The summed E-state index contributed by atoms with van der Waals surface area (Å²) < 4.78 is 4.98. The average Bonchev–Trinajstić information content (AvgIpc) is 2.87. The second-order valence-corrected chi connectivity index (χ2v) is 7.51. The minimum absolute atomic E-state index is 0.118. The van der Waals surface area contributed by atoms with Gasteiger partial charge in [0.2, 0.25) is 11.8 Å². The monoisotopic (exact) mass is 362 g/mol. The van der Waals surface area contributed by atoms with Gasteiger partial charge in [0.25, 0.3) is 5.91 Å². The first-order chi connectivity index (χ1) is 12.5. The van der Waals surface area contributed by atoms with Gasteiger partial charge < -0.3 is 10.1 Å². The van der Waals surface area contributed by atoms with Gasteiger partial charge in [0.05, 0.1) is 11.8 Å². The van der Waals surface area contributed by atoms with E-state index in [0.29, 0.717) is 18.8 Å². The number of ether oxygens (including phenoxy) is 1. The van der Waals surface area contributed by atoms with Crippen LogP contribution in [0.25, 0.3) is 0 Å². The fraction of sp³-hybridized carbons (Fsp3) is 0.684. The van der Waals surface area contributed by atoms with Crippen molar-refractivity contribution in [2.75, 3.05) is 13.2 Å². The molecule has 3 amide bonds. The van der Waals surface area contributed by atoms with Crippen LogP contribution in [-0.4, -0.2) is 47.8 Å². The van der Waals surface area contributed by atoms with Crippen LogP contribution in [0.15, 0.2) is 12.2 Å². The fourth-order valence-corrected chi connectivity index (χ4v) is 4.12. The number of amides is 3. The topological polar surface area (TPSA) is 92.8 Å². The Bertz CT molecular complexity index is 603. The Morgan fingerprint density at radius 1 is 1.12 bits per heavy atom. The van der Waals surface area contributed by atoms with Crippen molar-refractivity contribution in [3.8, 4) is 0 Å². The molecule has 1 saturated heterocycles. The van der Waals surface area contributed by atoms with E-state index in [4.69, 9.17) is 4.74 Å². The highest BCUT2D eigenvalue weighted by Gasteiger charge is 2.47. The maximum Gasteiger partial charge on any atom is 0.326 e. The number of carbonyl (C=O) groups excluding carboxylic acids is 4. The molecular formula is C19H26N2O5. The van der Waals surface area contributed by atoms with Gasteiger partial charge in [-0.25, -0.2) is 0 Å². The van der Waals surface area contributed by atoms with Gasteiger partial charge in [-0.15, -0.1) is 0 Å². The van der Waals surface area contributed by atoms with Gasteiger partial charge in [-0.2, -0.15) is 0 Å². The molecule has 1 N–H and O–H groups in total. The van der Waals surface area contributed by atoms with E-state index in [0.717, 1.165) is 24.2 Å². The number of carbonyl (C=O) groups is 4. The predicted molar refractivity (Wildman–Crippen MR) is 92.6 cm³/mol. The van der Waals surface area contributed by atoms with E-state index in [1.807, 2.05) is 12.2 Å². The van der Waals surface area contributed by atoms with E-state index in [9.17, 15) is 19.2 Å². The largest absolute Gasteiger partial charge is 0.454 e. The third kappa shape index (κ3) is 3.97. The summed E-state index contributed by atoms with van der Waals surface area (Å²) in [6, 6.07) is 0.118. The van der Waals surface area contributed by atoms with Crippen molar-refractivity contribution < 1.29 is 23.9 Å². The summed E-state index contributed by atoms with van der Waals surface area (Å²) in [5.41, 5.74) is 0. The lowest BCUT2D eigenvalue weighted by atomic mass is 9.85. The molecule has 142 valence electrons. The Morgan fingerprint density at radius 3 is 2.35 bits per heavy atom. The van der Waals surface area contributed by atoms with Crippen LogP contribution in [0.2, 0.25) is 0 Å². The molecule has 0 radical (unpaired) electrons. The molecule has 1 aliphatic heterocycles. The summed E-state index contributed by atoms with van der Waals surface area (Å²) in [6.45, 7) is 1.31. The minimum Gasteiger partial charge on any atom is -0.454 e.